The van der Waals surface area contributed by atoms with Crippen LogP contribution >= 0.6 is 0 Å². The molecule has 0 bridgehead atoms. The molecule has 0 fully saturated rings. The zero-order chi connectivity index (χ0) is 18.1. The Morgan fingerprint density at radius 3 is 2.54 bits per heavy atom. The summed E-state index contributed by atoms with van der Waals surface area (Å²) in [6, 6.07) is 18.9. The average Bonchev–Trinajstić information content (AvgIpc) is 3.00. The molecule has 2 heterocycles. The SMILES string of the molecule is Cc1cc(C)n(-c2ccc(C(=O)Nc3cccc4ncccc34)cc2)n1. The molecule has 4 rings (SSSR count). The number of amides is 1. The van der Waals surface area contributed by atoms with Gasteiger partial charge in [-0.3, -0.25) is 9.78 Å². The van der Waals surface area contributed by atoms with Gasteiger partial charge in [0.2, 0.25) is 0 Å². The van der Waals surface area contributed by atoms with Gasteiger partial charge in [0.25, 0.3) is 5.91 Å². The fourth-order valence-corrected chi connectivity index (χ4v) is 3.05. The molecule has 0 unspecified atom stereocenters. The van der Waals surface area contributed by atoms with Crippen molar-refractivity contribution in [2.45, 2.75) is 13.8 Å². The number of aryl methyl sites for hydroxylation is 2. The Morgan fingerprint density at radius 1 is 1.00 bits per heavy atom. The summed E-state index contributed by atoms with van der Waals surface area (Å²) in [5, 5.41) is 8.36. The monoisotopic (exact) mass is 342 g/mol. The van der Waals surface area contributed by atoms with Crippen molar-refractivity contribution in [2.75, 3.05) is 5.32 Å². The van der Waals surface area contributed by atoms with E-state index in [0.29, 0.717) is 5.56 Å². The number of nitrogens with one attached hydrogen (secondary N) is 1. The summed E-state index contributed by atoms with van der Waals surface area (Å²) < 4.78 is 1.87. The Balaban J connectivity index is 1.59. The van der Waals surface area contributed by atoms with Gasteiger partial charge in [-0.2, -0.15) is 5.10 Å². The number of hydrogen-bond donors (Lipinski definition) is 1. The molecule has 0 saturated carbocycles. The van der Waals surface area contributed by atoms with Crippen molar-refractivity contribution in [3.05, 3.63) is 83.8 Å². The fourth-order valence-electron chi connectivity index (χ4n) is 3.05. The summed E-state index contributed by atoms with van der Waals surface area (Å²) in [6.45, 7) is 3.97. The van der Waals surface area contributed by atoms with Crippen LogP contribution in [0.5, 0.6) is 0 Å². The maximum Gasteiger partial charge on any atom is 0.255 e. The number of aromatic nitrogens is 3. The van der Waals surface area contributed by atoms with Crippen LogP contribution < -0.4 is 5.32 Å². The molecule has 4 aromatic rings. The number of rotatable bonds is 3. The molecule has 0 atom stereocenters. The van der Waals surface area contributed by atoms with E-state index in [1.165, 1.54) is 0 Å². The van der Waals surface area contributed by atoms with Crippen molar-refractivity contribution in [3.8, 4) is 5.69 Å². The van der Waals surface area contributed by atoms with Crippen molar-refractivity contribution >= 4 is 22.5 Å². The first kappa shape index (κ1) is 16.0. The number of benzene rings is 2. The lowest BCUT2D eigenvalue weighted by molar-refractivity contribution is 0.102. The zero-order valence-corrected chi connectivity index (χ0v) is 14.6. The number of pyridine rings is 1. The van der Waals surface area contributed by atoms with Crippen LogP contribution in [0, 0.1) is 13.8 Å². The van der Waals surface area contributed by atoms with Gasteiger partial charge in [0, 0.05) is 22.8 Å². The maximum absolute atomic E-state index is 12.6. The summed E-state index contributed by atoms with van der Waals surface area (Å²) in [5.41, 5.74) is 5.16. The highest BCUT2D eigenvalue weighted by Gasteiger charge is 2.10. The highest BCUT2D eigenvalue weighted by atomic mass is 16.1. The smallest absolute Gasteiger partial charge is 0.255 e. The lowest BCUT2D eigenvalue weighted by atomic mass is 10.1. The topological polar surface area (TPSA) is 59.8 Å². The predicted molar refractivity (Wildman–Crippen MR) is 103 cm³/mol. The van der Waals surface area contributed by atoms with Crippen LogP contribution in [0.2, 0.25) is 0 Å². The molecule has 26 heavy (non-hydrogen) atoms. The summed E-state index contributed by atoms with van der Waals surface area (Å²) in [5.74, 6) is -0.152. The molecular formula is C21H18N4O. The van der Waals surface area contributed by atoms with E-state index in [-0.39, 0.29) is 5.91 Å². The summed E-state index contributed by atoms with van der Waals surface area (Å²) in [7, 11) is 0. The number of anilines is 1. The standard InChI is InChI=1S/C21H18N4O/c1-14-13-15(2)25(24-14)17-10-8-16(9-11-17)21(26)23-20-7-3-6-19-18(20)5-4-12-22-19/h3-13H,1-2H3,(H,23,26). The van der Waals surface area contributed by atoms with E-state index in [9.17, 15) is 4.79 Å². The minimum Gasteiger partial charge on any atom is -0.321 e. The van der Waals surface area contributed by atoms with Crippen molar-refractivity contribution < 1.29 is 4.79 Å². The average molecular weight is 342 g/mol. The Morgan fingerprint density at radius 2 is 1.81 bits per heavy atom. The first-order valence-electron chi connectivity index (χ1n) is 8.40. The van der Waals surface area contributed by atoms with E-state index in [4.69, 9.17) is 0 Å². The van der Waals surface area contributed by atoms with Gasteiger partial charge in [-0.25, -0.2) is 4.68 Å². The molecule has 5 heteroatoms. The highest BCUT2D eigenvalue weighted by molar-refractivity contribution is 6.08. The third-order valence-electron chi connectivity index (χ3n) is 4.28. The second-order valence-corrected chi connectivity index (χ2v) is 6.22. The Bertz CT molecular complexity index is 1090. The van der Waals surface area contributed by atoms with Crippen LogP contribution in [0.15, 0.2) is 66.9 Å². The molecule has 128 valence electrons. The second-order valence-electron chi connectivity index (χ2n) is 6.22. The normalized spacial score (nSPS) is 10.8. The van der Waals surface area contributed by atoms with Crippen LogP contribution in [0.3, 0.4) is 0 Å². The number of carbonyl (C=O) groups excluding carboxylic acids is 1. The molecule has 2 aromatic heterocycles. The van der Waals surface area contributed by atoms with Crippen LogP contribution in [0.1, 0.15) is 21.7 Å². The van der Waals surface area contributed by atoms with Crippen LogP contribution in [0.25, 0.3) is 16.6 Å². The number of carbonyl (C=O) groups is 1. The first-order chi connectivity index (χ1) is 12.6. The molecule has 0 aliphatic carbocycles. The van der Waals surface area contributed by atoms with E-state index >= 15 is 0 Å². The Kier molecular flexibility index (Phi) is 3.97. The largest absolute Gasteiger partial charge is 0.321 e. The molecule has 0 saturated heterocycles. The molecule has 5 nitrogen and oxygen atoms in total. The van der Waals surface area contributed by atoms with E-state index in [0.717, 1.165) is 33.7 Å². The third kappa shape index (κ3) is 2.95. The minimum atomic E-state index is -0.152. The molecule has 0 spiro atoms. The van der Waals surface area contributed by atoms with Crippen LogP contribution in [-0.2, 0) is 0 Å². The molecule has 1 N–H and O–H groups in total. The van der Waals surface area contributed by atoms with Crippen LogP contribution in [-0.4, -0.2) is 20.7 Å². The number of hydrogen-bond acceptors (Lipinski definition) is 3. The van der Waals surface area contributed by atoms with Gasteiger partial charge >= 0.3 is 0 Å². The summed E-state index contributed by atoms with van der Waals surface area (Å²) in [4.78, 5) is 16.9. The van der Waals surface area contributed by atoms with Crippen molar-refractivity contribution in [3.63, 3.8) is 0 Å². The summed E-state index contributed by atoms with van der Waals surface area (Å²) >= 11 is 0. The molecule has 1 amide bonds. The third-order valence-corrected chi connectivity index (χ3v) is 4.28. The van der Waals surface area contributed by atoms with E-state index < -0.39 is 0 Å². The van der Waals surface area contributed by atoms with E-state index in [1.54, 1.807) is 6.20 Å². The molecule has 0 aliphatic heterocycles. The van der Waals surface area contributed by atoms with Crippen molar-refractivity contribution in [2.24, 2.45) is 0 Å². The maximum atomic E-state index is 12.6. The molecule has 2 aromatic carbocycles. The predicted octanol–water partition coefficient (Wildman–Crippen LogP) is 4.29. The van der Waals surface area contributed by atoms with E-state index in [1.807, 2.05) is 79.2 Å². The van der Waals surface area contributed by atoms with Gasteiger partial charge in [0.05, 0.1) is 22.6 Å². The second kappa shape index (κ2) is 6.44. The minimum absolute atomic E-state index is 0.152. The molecule has 0 aliphatic rings. The van der Waals surface area contributed by atoms with Gasteiger partial charge in [-0.05, 0) is 68.4 Å². The Hall–Kier alpha value is -3.47. The van der Waals surface area contributed by atoms with Crippen molar-refractivity contribution in [1.82, 2.24) is 14.8 Å². The lowest BCUT2D eigenvalue weighted by Crippen LogP contribution is -2.12. The van der Waals surface area contributed by atoms with Gasteiger partial charge in [-0.15, -0.1) is 0 Å². The lowest BCUT2D eigenvalue weighted by Gasteiger charge is -2.09. The van der Waals surface area contributed by atoms with Gasteiger partial charge in [-0.1, -0.05) is 6.07 Å². The zero-order valence-electron chi connectivity index (χ0n) is 14.6. The number of nitrogens with zero attached hydrogens (tertiary/aromatic N) is 3. The highest BCUT2D eigenvalue weighted by Crippen LogP contribution is 2.22. The Labute approximate surface area is 151 Å². The summed E-state index contributed by atoms with van der Waals surface area (Å²) in [6.07, 6.45) is 1.74. The molecular weight excluding hydrogens is 324 g/mol. The van der Waals surface area contributed by atoms with Crippen molar-refractivity contribution in [1.29, 1.82) is 0 Å². The fraction of sp³-hybridized carbons (Fsp3) is 0.0952. The quantitative estimate of drug-likeness (QED) is 0.604. The van der Waals surface area contributed by atoms with Gasteiger partial charge in [0.1, 0.15) is 0 Å². The molecule has 0 radical (unpaired) electrons. The van der Waals surface area contributed by atoms with Gasteiger partial charge in [0.15, 0.2) is 0 Å². The number of fused-ring (bicyclic) bond motifs is 1. The van der Waals surface area contributed by atoms with Crippen LogP contribution in [0.4, 0.5) is 5.69 Å². The van der Waals surface area contributed by atoms with Gasteiger partial charge < -0.3 is 5.32 Å². The first-order valence-corrected chi connectivity index (χ1v) is 8.40. The van der Waals surface area contributed by atoms with E-state index in [2.05, 4.69) is 15.4 Å².